The zero-order valence-corrected chi connectivity index (χ0v) is 11.6. The number of nitrogens with two attached hydrogens (primary N) is 1. The zero-order chi connectivity index (χ0) is 13.3. The maximum atomic E-state index is 7.47. The fraction of sp³-hybridized carbons (Fsp3) is 0.533. The SMILES string of the molecule is Cc1cc(C)cc(N(C)CC2(CC(=N)N)CC2)c1. The largest absolute Gasteiger partial charge is 0.388 e. The standard InChI is InChI=1S/C15H23N3/c1-11-6-12(2)8-13(7-11)18(3)10-15(4-5-15)9-14(16)17/h6-8H,4-5,9-10H2,1-3H3,(H3,16,17). The molecule has 0 heterocycles. The van der Waals surface area contributed by atoms with Gasteiger partial charge in [-0.2, -0.15) is 0 Å². The van der Waals surface area contributed by atoms with Crippen LogP contribution in [0.15, 0.2) is 18.2 Å². The van der Waals surface area contributed by atoms with Crippen LogP contribution in [0.2, 0.25) is 0 Å². The molecule has 1 aliphatic rings. The van der Waals surface area contributed by atoms with Crippen molar-refractivity contribution in [1.82, 2.24) is 0 Å². The summed E-state index contributed by atoms with van der Waals surface area (Å²) in [7, 11) is 2.13. The molecule has 3 nitrogen and oxygen atoms in total. The zero-order valence-electron chi connectivity index (χ0n) is 11.6. The number of rotatable bonds is 5. The van der Waals surface area contributed by atoms with Crippen LogP contribution in [-0.2, 0) is 0 Å². The summed E-state index contributed by atoms with van der Waals surface area (Å²) in [4.78, 5) is 2.30. The fourth-order valence-electron chi connectivity index (χ4n) is 2.74. The molecular formula is C15H23N3. The van der Waals surface area contributed by atoms with E-state index in [-0.39, 0.29) is 5.41 Å². The van der Waals surface area contributed by atoms with Gasteiger partial charge in [0.05, 0.1) is 5.84 Å². The van der Waals surface area contributed by atoms with Crippen LogP contribution in [0.3, 0.4) is 0 Å². The molecule has 3 heteroatoms. The molecular weight excluding hydrogens is 222 g/mol. The topological polar surface area (TPSA) is 53.1 Å². The van der Waals surface area contributed by atoms with E-state index in [1.807, 2.05) is 0 Å². The van der Waals surface area contributed by atoms with Gasteiger partial charge in [0.15, 0.2) is 0 Å². The smallest absolute Gasteiger partial charge is 0.0911 e. The molecule has 0 atom stereocenters. The average molecular weight is 245 g/mol. The molecule has 18 heavy (non-hydrogen) atoms. The lowest BCUT2D eigenvalue weighted by atomic mass is 10.0. The van der Waals surface area contributed by atoms with Gasteiger partial charge in [-0.15, -0.1) is 0 Å². The van der Waals surface area contributed by atoms with E-state index >= 15 is 0 Å². The molecule has 1 fully saturated rings. The lowest BCUT2D eigenvalue weighted by Gasteiger charge is -2.26. The minimum absolute atomic E-state index is 0.262. The molecule has 1 aromatic rings. The van der Waals surface area contributed by atoms with Gasteiger partial charge in [-0.3, -0.25) is 5.41 Å². The van der Waals surface area contributed by atoms with E-state index in [1.54, 1.807) is 0 Å². The van der Waals surface area contributed by atoms with Crippen molar-refractivity contribution in [3.8, 4) is 0 Å². The summed E-state index contributed by atoms with van der Waals surface area (Å²) >= 11 is 0. The monoisotopic (exact) mass is 245 g/mol. The lowest BCUT2D eigenvalue weighted by Crippen LogP contribution is -2.29. The summed E-state index contributed by atoms with van der Waals surface area (Å²) in [6.07, 6.45) is 3.13. The van der Waals surface area contributed by atoms with Crippen LogP contribution in [0.25, 0.3) is 0 Å². The Morgan fingerprint density at radius 2 is 1.83 bits per heavy atom. The third-order valence-electron chi connectivity index (χ3n) is 3.74. The summed E-state index contributed by atoms with van der Waals surface area (Å²) in [6, 6.07) is 6.63. The van der Waals surface area contributed by atoms with Crippen molar-refractivity contribution in [2.24, 2.45) is 11.1 Å². The third kappa shape index (κ3) is 3.03. The summed E-state index contributed by atoms with van der Waals surface area (Å²) < 4.78 is 0. The van der Waals surface area contributed by atoms with Crippen LogP contribution >= 0.6 is 0 Å². The molecule has 1 aromatic carbocycles. The molecule has 0 aromatic heterocycles. The minimum atomic E-state index is 0.262. The predicted octanol–water partition coefficient (Wildman–Crippen LogP) is 2.85. The van der Waals surface area contributed by atoms with E-state index in [4.69, 9.17) is 11.1 Å². The number of nitrogens with one attached hydrogen (secondary N) is 1. The fourth-order valence-corrected chi connectivity index (χ4v) is 2.74. The van der Waals surface area contributed by atoms with Gasteiger partial charge in [0.1, 0.15) is 0 Å². The van der Waals surface area contributed by atoms with Crippen LogP contribution in [0.4, 0.5) is 5.69 Å². The van der Waals surface area contributed by atoms with Gasteiger partial charge in [0, 0.05) is 25.7 Å². The molecule has 1 saturated carbocycles. The van der Waals surface area contributed by atoms with Crippen molar-refractivity contribution >= 4 is 11.5 Å². The number of benzene rings is 1. The quantitative estimate of drug-likeness (QED) is 0.619. The summed E-state index contributed by atoms with van der Waals surface area (Å²) in [5.74, 6) is 0.321. The van der Waals surface area contributed by atoms with Gasteiger partial charge >= 0.3 is 0 Å². The van der Waals surface area contributed by atoms with Crippen LogP contribution in [0, 0.1) is 24.7 Å². The van der Waals surface area contributed by atoms with E-state index in [0.717, 1.165) is 13.0 Å². The highest BCUT2D eigenvalue weighted by Crippen LogP contribution is 2.49. The number of hydrogen-bond donors (Lipinski definition) is 2. The second-order valence-corrected chi connectivity index (χ2v) is 5.90. The number of nitrogens with zero attached hydrogens (tertiary/aromatic N) is 1. The Kier molecular flexibility index (Phi) is 3.33. The highest BCUT2D eigenvalue weighted by molar-refractivity contribution is 5.78. The lowest BCUT2D eigenvalue weighted by molar-refractivity contribution is 0.530. The Morgan fingerprint density at radius 1 is 1.28 bits per heavy atom. The summed E-state index contributed by atoms with van der Waals surface area (Å²) in [5.41, 5.74) is 9.67. The molecule has 0 spiro atoms. The molecule has 3 N–H and O–H groups in total. The maximum Gasteiger partial charge on any atom is 0.0911 e. The van der Waals surface area contributed by atoms with Gasteiger partial charge in [0.2, 0.25) is 0 Å². The Hall–Kier alpha value is -1.51. The van der Waals surface area contributed by atoms with Crippen LogP contribution in [0.5, 0.6) is 0 Å². The van der Waals surface area contributed by atoms with Crippen molar-refractivity contribution in [2.75, 3.05) is 18.5 Å². The normalized spacial score (nSPS) is 16.4. The average Bonchev–Trinajstić information content (AvgIpc) is 2.94. The molecule has 0 amide bonds. The number of amidine groups is 1. The van der Waals surface area contributed by atoms with Gasteiger partial charge in [-0.25, -0.2) is 0 Å². The predicted molar refractivity (Wildman–Crippen MR) is 77.4 cm³/mol. The molecule has 0 saturated heterocycles. The Bertz CT molecular complexity index is 441. The minimum Gasteiger partial charge on any atom is -0.388 e. The first-order valence-corrected chi connectivity index (χ1v) is 6.53. The molecule has 0 unspecified atom stereocenters. The summed E-state index contributed by atoms with van der Waals surface area (Å²) in [6.45, 7) is 5.26. The Morgan fingerprint density at radius 3 is 2.28 bits per heavy atom. The van der Waals surface area contributed by atoms with Crippen molar-refractivity contribution < 1.29 is 0 Å². The van der Waals surface area contributed by atoms with Crippen LogP contribution < -0.4 is 10.6 Å². The van der Waals surface area contributed by atoms with Crippen LogP contribution in [-0.4, -0.2) is 19.4 Å². The van der Waals surface area contributed by atoms with E-state index in [2.05, 4.69) is 44.0 Å². The van der Waals surface area contributed by atoms with Crippen molar-refractivity contribution in [3.05, 3.63) is 29.3 Å². The second-order valence-electron chi connectivity index (χ2n) is 5.90. The highest BCUT2D eigenvalue weighted by Gasteiger charge is 2.43. The van der Waals surface area contributed by atoms with E-state index in [0.29, 0.717) is 5.84 Å². The second kappa shape index (κ2) is 4.63. The van der Waals surface area contributed by atoms with Gasteiger partial charge in [-0.1, -0.05) is 6.07 Å². The van der Waals surface area contributed by atoms with Gasteiger partial charge in [0.25, 0.3) is 0 Å². The van der Waals surface area contributed by atoms with Gasteiger partial charge < -0.3 is 10.6 Å². The first-order valence-electron chi connectivity index (χ1n) is 6.53. The number of anilines is 1. The molecule has 0 bridgehead atoms. The molecule has 98 valence electrons. The van der Waals surface area contributed by atoms with Crippen molar-refractivity contribution in [3.63, 3.8) is 0 Å². The highest BCUT2D eigenvalue weighted by atomic mass is 15.1. The first-order chi connectivity index (χ1) is 8.40. The van der Waals surface area contributed by atoms with Crippen LogP contribution in [0.1, 0.15) is 30.4 Å². The molecule has 0 radical (unpaired) electrons. The molecule has 0 aliphatic heterocycles. The maximum absolute atomic E-state index is 7.47. The van der Waals surface area contributed by atoms with E-state index in [9.17, 15) is 0 Å². The van der Waals surface area contributed by atoms with E-state index in [1.165, 1.54) is 29.7 Å². The number of hydrogen-bond acceptors (Lipinski definition) is 2. The number of aryl methyl sites for hydroxylation is 2. The summed E-state index contributed by atoms with van der Waals surface area (Å²) in [5, 5.41) is 7.47. The van der Waals surface area contributed by atoms with Crippen molar-refractivity contribution in [2.45, 2.75) is 33.1 Å². The third-order valence-corrected chi connectivity index (χ3v) is 3.74. The molecule has 2 rings (SSSR count). The van der Waals surface area contributed by atoms with E-state index < -0.39 is 0 Å². The first kappa shape index (κ1) is 12.9. The van der Waals surface area contributed by atoms with Gasteiger partial charge in [-0.05, 0) is 55.4 Å². The Labute approximate surface area is 109 Å². The van der Waals surface area contributed by atoms with Crippen molar-refractivity contribution in [1.29, 1.82) is 5.41 Å². The molecule has 1 aliphatic carbocycles. The Balaban J connectivity index is 2.07.